The lowest BCUT2D eigenvalue weighted by Gasteiger charge is -2.40. The minimum absolute atomic E-state index is 0.000656. The molecule has 0 unspecified atom stereocenters. The molecular weight excluding hydrogens is 269 g/mol. The molecule has 1 heterocycles. The molecule has 0 saturated carbocycles. The molecule has 1 amide bonds. The van der Waals surface area contributed by atoms with Gasteiger partial charge in [0.1, 0.15) is 5.82 Å². The molecule has 1 aliphatic rings. The summed E-state index contributed by atoms with van der Waals surface area (Å²) in [4.78, 5) is 14.1. The maximum atomic E-state index is 13.1. The number of carbonyl (C=O) groups is 1. The van der Waals surface area contributed by atoms with Crippen LogP contribution in [0.15, 0.2) is 24.3 Å². The molecule has 1 saturated heterocycles. The summed E-state index contributed by atoms with van der Waals surface area (Å²) in [6, 6.07) is 6.42. The zero-order valence-corrected chi connectivity index (χ0v) is 12.6. The van der Waals surface area contributed by atoms with Crippen LogP contribution in [-0.2, 0) is 11.2 Å². The van der Waals surface area contributed by atoms with Crippen molar-refractivity contribution in [3.63, 3.8) is 0 Å². The second-order valence-electron chi connectivity index (χ2n) is 6.02. The lowest BCUT2D eigenvalue weighted by atomic mass is 9.77. The Morgan fingerprint density at radius 3 is 2.67 bits per heavy atom. The number of benzene rings is 1. The van der Waals surface area contributed by atoms with E-state index in [2.05, 4.69) is 6.92 Å². The van der Waals surface area contributed by atoms with Crippen molar-refractivity contribution in [2.24, 2.45) is 5.41 Å². The first-order chi connectivity index (χ1) is 10.1. The first-order valence-corrected chi connectivity index (χ1v) is 7.72. The number of aliphatic hydroxyl groups is 1. The van der Waals surface area contributed by atoms with Gasteiger partial charge in [-0.05, 0) is 48.8 Å². The van der Waals surface area contributed by atoms with E-state index in [1.165, 1.54) is 12.1 Å². The summed E-state index contributed by atoms with van der Waals surface area (Å²) in [5.74, 6) is -0.129. The van der Waals surface area contributed by atoms with Crippen molar-refractivity contribution in [1.29, 1.82) is 0 Å². The number of aliphatic hydroxyl groups excluding tert-OH is 1. The lowest BCUT2D eigenvalue weighted by Crippen LogP contribution is -2.44. The molecule has 2 rings (SSSR count). The molecule has 0 bridgehead atoms. The van der Waals surface area contributed by atoms with Gasteiger partial charge in [-0.15, -0.1) is 0 Å². The maximum absolute atomic E-state index is 13.1. The topological polar surface area (TPSA) is 40.5 Å². The number of likely N-dealkylation sites (tertiary alicyclic amines) is 1. The van der Waals surface area contributed by atoms with Crippen molar-refractivity contribution >= 4 is 5.91 Å². The van der Waals surface area contributed by atoms with E-state index >= 15 is 0 Å². The van der Waals surface area contributed by atoms with E-state index < -0.39 is 0 Å². The summed E-state index contributed by atoms with van der Waals surface area (Å²) in [6.45, 7) is 3.74. The van der Waals surface area contributed by atoms with E-state index in [0.29, 0.717) is 12.8 Å². The van der Waals surface area contributed by atoms with E-state index in [1.807, 2.05) is 11.0 Å². The average Bonchev–Trinajstić information content (AvgIpc) is 2.53. The normalized spacial score (nSPS) is 17.8. The van der Waals surface area contributed by atoms with Crippen LogP contribution in [0.4, 0.5) is 4.39 Å². The van der Waals surface area contributed by atoms with Gasteiger partial charge in [-0.25, -0.2) is 4.39 Å². The Balaban J connectivity index is 1.82. The van der Waals surface area contributed by atoms with Gasteiger partial charge < -0.3 is 10.0 Å². The Bertz CT molecular complexity index is 475. The van der Waals surface area contributed by atoms with Crippen LogP contribution >= 0.6 is 0 Å². The SMILES string of the molecule is CCC1(CO)CCN(C(=O)CCc2cccc(F)c2)CC1. The van der Waals surface area contributed by atoms with Crippen molar-refractivity contribution in [2.75, 3.05) is 19.7 Å². The Hall–Kier alpha value is -1.42. The van der Waals surface area contributed by atoms with Crippen molar-refractivity contribution in [2.45, 2.75) is 39.0 Å². The van der Waals surface area contributed by atoms with Gasteiger partial charge in [0, 0.05) is 26.1 Å². The van der Waals surface area contributed by atoms with Crippen LogP contribution in [0.5, 0.6) is 0 Å². The van der Waals surface area contributed by atoms with Crippen molar-refractivity contribution in [3.05, 3.63) is 35.6 Å². The Labute approximate surface area is 125 Å². The van der Waals surface area contributed by atoms with Crippen LogP contribution in [0.1, 0.15) is 38.2 Å². The van der Waals surface area contributed by atoms with Gasteiger partial charge in [0.25, 0.3) is 0 Å². The first-order valence-electron chi connectivity index (χ1n) is 7.72. The monoisotopic (exact) mass is 293 g/mol. The highest BCUT2D eigenvalue weighted by atomic mass is 19.1. The molecule has 0 radical (unpaired) electrons. The number of carbonyl (C=O) groups excluding carboxylic acids is 1. The largest absolute Gasteiger partial charge is 0.396 e. The van der Waals surface area contributed by atoms with Gasteiger partial charge in [0.15, 0.2) is 0 Å². The van der Waals surface area contributed by atoms with Crippen molar-refractivity contribution < 1.29 is 14.3 Å². The molecule has 1 aromatic rings. The fourth-order valence-corrected chi connectivity index (χ4v) is 2.96. The molecule has 1 aliphatic heterocycles. The van der Waals surface area contributed by atoms with Crippen LogP contribution in [0.25, 0.3) is 0 Å². The second-order valence-corrected chi connectivity index (χ2v) is 6.02. The van der Waals surface area contributed by atoms with Crippen LogP contribution in [0.3, 0.4) is 0 Å². The number of amides is 1. The van der Waals surface area contributed by atoms with Gasteiger partial charge in [0.2, 0.25) is 5.91 Å². The highest BCUT2D eigenvalue weighted by molar-refractivity contribution is 5.76. The Morgan fingerprint density at radius 1 is 1.38 bits per heavy atom. The maximum Gasteiger partial charge on any atom is 0.222 e. The molecule has 1 N–H and O–H groups in total. The molecule has 21 heavy (non-hydrogen) atoms. The van der Waals surface area contributed by atoms with Crippen LogP contribution in [0.2, 0.25) is 0 Å². The number of halogens is 1. The quantitative estimate of drug-likeness (QED) is 0.907. The molecule has 1 aromatic carbocycles. The number of piperidine rings is 1. The summed E-state index contributed by atoms with van der Waals surface area (Å²) < 4.78 is 13.1. The van der Waals surface area contributed by atoms with Gasteiger partial charge in [-0.3, -0.25) is 4.79 Å². The van der Waals surface area contributed by atoms with Gasteiger partial charge in [-0.2, -0.15) is 0 Å². The Kier molecular flexibility index (Phi) is 5.34. The van der Waals surface area contributed by atoms with Crippen molar-refractivity contribution in [1.82, 2.24) is 4.90 Å². The number of aryl methyl sites for hydroxylation is 1. The number of hydrogen-bond donors (Lipinski definition) is 1. The highest BCUT2D eigenvalue weighted by Crippen LogP contribution is 2.34. The smallest absolute Gasteiger partial charge is 0.222 e. The van der Waals surface area contributed by atoms with E-state index in [9.17, 15) is 14.3 Å². The van der Waals surface area contributed by atoms with Gasteiger partial charge in [0.05, 0.1) is 0 Å². The summed E-state index contributed by atoms with van der Waals surface area (Å²) in [5.41, 5.74) is 0.859. The lowest BCUT2D eigenvalue weighted by molar-refractivity contribution is -0.134. The van der Waals surface area contributed by atoms with E-state index in [1.54, 1.807) is 6.07 Å². The van der Waals surface area contributed by atoms with Gasteiger partial charge >= 0.3 is 0 Å². The predicted octanol–water partition coefficient (Wildman–Crippen LogP) is 2.77. The third-order valence-electron chi connectivity index (χ3n) is 4.78. The second kappa shape index (κ2) is 7.03. The summed E-state index contributed by atoms with van der Waals surface area (Å²) in [5, 5.41) is 9.51. The van der Waals surface area contributed by atoms with Crippen LogP contribution in [-0.4, -0.2) is 35.6 Å². The minimum Gasteiger partial charge on any atom is -0.396 e. The Morgan fingerprint density at radius 2 is 2.10 bits per heavy atom. The fraction of sp³-hybridized carbons (Fsp3) is 0.588. The molecule has 0 aromatic heterocycles. The fourth-order valence-electron chi connectivity index (χ4n) is 2.96. The molecule has 1 fully saturated rings. The third kappa shape index (κ3) is 4.03. The van der Waals surface area contributed by atoms with E-state index in [0.717, 1.165) is 37.9 Å². The summed E-state index contributed by atoms with van der Waals surface area (Å²) >= 11 is 0. The summed E-state index contributed by atoms with van der Waals surface area (Å²) in [7, 11) is 0. The van der Waals surface area contributed by atoms with Crippen LogP contribution < -0.4 is 0 Å². The molecule has 116 valence electrons. The van der Waals surface area contributed by atoms with E-state index in [4.69, 9.17) is 0 Å². The number of rotatable bonds is 5. The molecule has 4 heteroatoms. The zero-order chi connectivity index (χ0) is 15.3. The molecule has 0 aliphatic carbocycles. The third-order valence-corrected chi connectivity index (χ3v) is 4.78. The van der Waals surface area contributed by atoms with Crippen LogP contribution in [0, 0.1) is 11.2 Å². The first kappa shape index (κ1) is 16.0. The van der Waals surface area contributed by atoms with Gasteiger partial charge in [-0.1, -0.05) is 19.1 Å². The standard InChI is InChI=1S/C17H24FNO2/c1-2-17(13-20)8-10-19(11-9-17)16(21)7-6-14-4-3-5-15(18)12-14/h3-5,12,20H,2,6-11,13H2,1H3. The number of nitrogens with zero attached hydrogens (tertiary/aromatic N) is 1. The zero-order valence-electron chi connectivity index (χ0n) is 12.6. The van der Waals surface area contributed by atoms with E-state index in [-0.39, 0.29) is 23.7 Å². The average molecular weight is 293 g/mol. The molecular formula is C17H24FNO2. The predicted molar refractivity (Wildman–Crippen MR) is 80.3 cm³/mol. The summed E-state index contributed by atoms with van der Waals surface area (Å²) in [6.07, 6.45) is 3.68. The highest BCUT2D eigenvalue weighted by Gasteiger charge is 2.33. The van der Waals surface area contributed by atoms with Crippen molar-refractivity contribution in [3.8, 4) is 0 Å². The molecule has 0 spiro atoms. The number of hydrogen-bond acceptors (Lipinski definition) is 2. The molecule has 0 atom stereocenters. The molecule has 3 nitrogen and oxygen atoms in total. The minimum atomic E-state index is -0.256.